The van der Waals surface area contributed by atoms with Gasteiger partial charge in [-0.1, -0.05) is 41.6 Å². The number of amides is 2. The van der Waals surface area contributed by atoms with Crippen molar-refractivity contribution in [3.63, 3.8) is 0 Å². The highest BCUT2D eigenvalue weighted by molar-refractivity contribution is 5.98. The average molecular weight is 568 g/mol. The predicted octanol–water partition coefficient (Wildman–Crippen LogP) is 4.72. The summed E-state index contributed by atoms with van der Waals surface area (Å²) in [5.41, 5.74) is 2.47. The van der Waals surface area contributed by atoms with Gasteiger partial charge >= 0.3 is 0 Å². The van der Waals surface area contributed by atoms with E-state index in [1.807, 2.05) is 12.1 Å². The fourth-order valence-corrected chi connectivity index (χ4v) is 4.83. The van der Waals surface area contributed by atoms with Gasteiger partial charge in [0.05, 0.1) is 12.6 Å². The average Bonchev–Trinajstić information content (AvgIpc) is 3.65. The highest BCUT2D eigenvalue weighted by Gasteiger charge is 2.34. The number of benzene rings is 4. The molecule has 6 rings (SSSR count). The van der Waals surface area contributed by atoms with Crippen molar-refractivity contribution in [1.82, 2.24) is 19.9 Å². The van der Waals surface area contributed by atoms with Gasteiger partial charge in [0.25, 0.3) is 5.91 Å². The Bertz CT molecular complexity index is 1760. The number of carbonyl (C=O) groups excluding carboxylic acids is 2. The van der Waals surface area contributed by atoms with Crippen LogP contribution in [0.15, 0.2) is 91.0 Å². The first kappa shape index (κ1) is 26.8. The van der Waals surface area contributed by atoms with E-state index in [1.165, 1.54) is 15.6 Å². The van der Waals surface area contributed by atoms with E-state index in [9.17, 15) is 14.0 Å². The quantitative estimate of drug-likeness (QED) is 0.275. The molecule has 0 aliphatic carbocycles. The Hall–Kier alpha value is -5.45. The summed E-state index contributed by atoms with van der Waals surface area (Å²) in [6, 6.07) is 24.0. The number of para-hydroxylation sites is 1. The minimum Gasteiger partial charge on any atom is -0.497 e. The van der Waals surface area contributed by atoms with Gasteiger partial charge in [-0.25, -0.2) is 9.07 Å². The Labute approximate surface area is 240 Å². The van der Waals surface area contributed by atoms with Gasteiger partial charge in [0.1, 0.15) is 29.7 Å². The Morgan fingerprint density at radius 3 is 2.57 bits per heavy atom. The molecule has 0 spiro atoms. The molecule has 0 saturated heterocycles. The molecule has 2 heterocycles. The summed E-state index contributed by atoms with van der Waals surface area (Å²) < 4.78 is 32.7. The van der Waals surface area contributed by atoms with Gasteiger partial charge in [0.2, 0.25) is 12.7 Å². The predicted molar refractivity (Wildman–Crippen MR) is 151 cm³/mol. The molecule has 1 aliphatic heterocycles. The van der Waals surface area contributed by atoms with Crippen LogP contribution in [0, 0.1) is 5.82 Å². The second-order valence-corrected chi connectivity index (χ2v) is 9.58. The van der Waals surface area contributed by atoms with Crippen LogP contribution >= 0.6 is 0 Å². The van der Waals surface area contributed by atoms with Gasteiger partial charge < -0.3 is 24.4 Å². The molecule has 42 heavy (non-hydrogen) atoms. The number of methoxy groups -OCH3 is 1. The normalized spacial score (nSPS) is 12.6. The zero-order valence-electron chi connectivity index (χ0n) is 22.6. The number of anilines is 1. The largest absolute Gasteiger partial charge is 0.497 e. The van der Waals surface area contributed by atoms with Gasteiger partial charge in [0, 0.05) is 17.8 Å². The van der Waals surface area contributed by atoms with Crippen LogP contribution in [0.1, 0.15) is 17.2 Å². The van der Waals surface area contributed by atoms with Crippen molar-refractivity contribution in [2.75, 3.05) is 19.2 Å². The number of nitrogens with one attached hydrogen (secondary N) is 1. The van der Waals surface area contributed by atoms with Crippen molar-refractivity contribution >= 4 is 28.5 Å². The lowest BCUT2D eigenvalue weighted by Gasteiger charge is -2.32. The first-order valence-corrected chi connectivity index (χ1v) is 13.2. The van der Waals surface area contributed by atoms with E-state index in [0.717, 1.165) is 0 Å². The highest BCUT2D eigenvalue weighted by Crippen LogP contribution is 2.37. The van der Waals surface area contributed by atoms with Crippen LogP contribution in [0.2, 0.25) is 0 Å². The molecule has 4 aromatic carbocycles. The molecule has 0 fully saturated rings. The molecule has 1 unspecified atom stereocenters. The van der Waals surface area contributed by atoms with Crippen molar-refractivity contribution in [1.29, 1.82) is 0 Å². The maximum atomic E-state index is 14.9. The molecule has 1 N–H and O–H groups in total. The number of ether oxygens (including phenoxy) is 3. The molecule has 10 nitrogen and oxygen atoms in total. The third kappa shape index (κ3) is 5.44. The zero-order chi connectivity index (χ0) is 29.1. The summed E-state index contributed by atoms with van der Waals surface area (Å²) >= 11 is 0. The third-order valence-corrected chi connectivity index (χ3v) is 6.95. The molecule has 0 radical (unpaired) electrons. The Morgan fingerprint density at radius 1 is 1.00 bits per heavy atom. The summed E-state index contributed by atoms with van der Waals surface area (Å²) in [5.74, 6) is 0.108. The van der Waals surface area contributed by atoms with E-state index in [2.05, 4.69) is 15.6 Å². The third-order valence-electron chi connectivity index (χ3n) is 6.95. The van der Waals surface area contributed by atoms with Crippen molar-refractivity contribution in [2.45, 2.75) is 19.1 Å². The molecule has 1 atom stereocenters. The fraction of sp³-hybridized carbons (Fsp3) is 0.161. The second-order valence-electron chi connectivity index (χ2n) is 9.58. The molecule has 11 heteroatoms. The summed E-state index contributed by atoms with van der Waals surface area (Å²) in [5, 5.41) is 11.2. The number of nitrogens with zero attached hydrogens (tertiary/aromatic N) is 4. The second kappa shape index (κ2) is 11.6. The number of rotatable bonds is 9. The van der Waals surface area contributed by atoms with Crippen molar-refractivity contribution in [3.8, 4) is 17.2 Å². The molecule has 5 aromatic rings. The molecule has 2 amide bonds. The van der Waals surface area contributed by atoms with E-state index >= 15 is 0 Å². The Morgan fingerprint density at radius 2 is 1.76 bits per heavy atom. The van der Waals surface area contributed by atoms with Crippen LogP contribution in [-0.2, 0) is 22.7 Å². The number of fused-ring (bicyclic) bond motifs is 2. The number of halogens is 1. The maximum Gasteiger partial charge on any atom is 0.251 e. The van der Waals surface area contributed by atoms with Crippen molar-refractivity contribution in [2.24, 2.45) is 0 Å². The maximum absolute atomic E-state index is 14.9. The van der Waals surface area contributed by atoms with Gasteiger partial charge in [0.15, 0.2) is 11.5 Å². The van der Waals surface area contributed by atoms with Crippen LogP contribution in [0.25, 0.3) is 11.0 Å². The summed E-state index contributed by atoms with van der Waals surface area (Å²) in [7, 11) is 1.55. The van der Waals surface area contributed by atoms with Gasteiger partial charge in [-0.15, -0.1) is 5.10 Å². The zero-order valence-corrected chi connectivity index (χ0v) is 22.6. The lowest BCUT2D eigenvalue weighted by molar-refractivity contribution is -0.140. The smallest absolute Gasteiger partial charge is 0.251 e. The molecule has 0 bridgehead atoms. The highest BCUT2D eigenvalue weighted by atomic mass is 19.1. The Kier molecular flexibility index (Phi) is 7.37. The van der Waals surface area contributed by atoms with Crippen molar-refractivity contribution < 1.29 is 28.2 Å². The van der Waals surface area contributed by atoms with Crippen LogP contribution in [-0.4, -0.2) is 45.6 Å². The standard InChI is InChI=1S/C31H26FN5O5/c1-40-23-13-11-22(12-14-23)33-31(39)30(20-10-15-27-28(16-20)42-19-41-27)36(17-21-6-2-3-7-24(21)32)29(38)18-37-26-9-5-4-8-25(26)34-35-37/h2-16,30H,17-19H2,1H3,(H,33,39). The lowest BCUT2D eigenvalue weighted by atomic mass is 10.0. The number of carbonyl (C=O) groups is 2. The fourth-order valence-electron chi connectivity index (χ4n) is 4.83. The molecular weight excluding hydrogens is 541 g/mol. The Balaban J connectivity index is 1.41. The first-order valence-electron chi connectivity index (χ1n) is 13.2. The van der Waals surface area contributed by atoms with E-state index in [0.29, 0.717) is 39.5 Å². The summed E-state index contributed by atoms with van der Waals surface area (Å²) in [6.45, 7) is -0.377. The van der Waals surface area contributed by atoms with Gasteiger partial charge in [-0.3, -0.25) is 9.59 Å². The number of aromatic nitrogens is 3. The van der Waals surface area contributed by atoms with Gasteiger partial charge in [-0.05, 0) is 60.2 Å². The number of hydrogen-bond acceptors (Lipinski definition) is 7. The van der Waals surface area contributed by atoms with Crippen LogP contribution < -0.4 is 19.5 Å². The van der Waals surface area contributed by atoms with Crippen LogP contribution in [0.3, 0.4) is 0 Å². The van der Waals surface area contributed by atoms with Crippen LogP contribution in [0.4, 0.5) is 10.1 Å². The minimum absolute atomic E-state index is 0.0404. The minimum atomic E-state index is -1.18. The summed E-state index contributed by atoms with van der Waals surface area (Å²) in [6.07, 6.45) is 0. The summed E-state index contributed by atoms with van der Waals surface area (Å²) in [4.78, 5) is 29.5. The lowest BCUT2D eigenvalue weighted by Crippen LogP contribution is -2.42. The van der Waals surface area contributed by atoms with Crippen LogP contribution in [0.5, 0.6) is 17.2 Å². The van der Waals surface area contributed by atoms with E-state index < -0.39 is 23.7 Å². The van der Waals surface area contributed by atoms with E-state index in [4.69, 9.17) is 14.2 Å². The molecule has 1 aromatic heterocycles. The van der Waals surface area contributed by atoms with E-state index in [1.54, 1.807) is 79.9 Å². The number of hydrogen-bond donors (Lipinski definition) is 1. The molecule has 1 aliphatic rings. The molecule has 212 valence electrons. The first-order chi connectivity index (χ1) is 20.5. The van der Waals surface area contributed by atoms with Crippen molar-refractivity contribution in [3.05, 3.63) is 108 Å². The molecular formula is C31H26FN5O5. The molecule has 0 saturated carbocycles. The monoisotopic (exact) mass is 567 g/mol. The van der Waals surface area contributed by atoms with Gasteiger partial charge in [-0.2, -0.15) is 0 Å². The van der Waals surface area contributed by atoms with E-state index in [-0.39, 0.29) is 25.4 Å². The topological polar surface area (TPSA) is 108 Å². The SMILES string of the molecule is COc1ccc(NC(=O)C(c2ccc3c(c2)OCO3)N(Cc2ccccc2F)C(=O)Cn2nnc3ccccc32)cc1.